The van der Waals surface area contributed by atoms with Crippen molar-refractivity contribution in [1.82, 2.24) is 4.72 Å². The third-order valence-electron chi connectivity index (χ3n) is 3.52. The molecule has 0 radical (unpaired) electrons. The smallest absolute Gasteiger partial charge is 0.240 e. The van der Waals surface area contributed by atoms with Crippen LogP contribution in [0.3, 0.4) is 0 Å². The van der Waals surface area contributed by atoms with Gasteiger partial charge in [0.25, 0.3) is 0 Å². The second-order valence-corrected chi connectivity index (χ2v) is 7.23. The topological polar surface area (TPSA) is 66.4 Å². The Morgan fingerprint density at radius 2 is 1.95 bits per heavy atom. The number of rotatable bonds is 8. The summed E-state index contributed by atoms with van der Waals surface area (Å²) < 4.78 is 27.3. The Labute approximate surface area is 131 Å². The van der Waals surface area contributed by atoms with Gasteiger partial charge in [-0.05, 0) is 18.1 Å². The minimum atomic E-state index is -3.70. The number of hydrogen-bond acceptors (Lipinski definition) is 3. The third-order valence-corrected chi connectivity index (χ3v) is 5.43. The van der Waals surface area contributed by atoms with Crippen molar-refractivity contribution < 1.29 is 13.5 Å². The standard InChI is InChI=1S/C15H22ClNO3S/c1-4-11(3)14(15(18)13(16)5-2)17-21(19,20)12-9-7-6-8-10-12/h5-11,13-15,17-18H,2,4H2,1,3H3/t11-,13?,14-,15+/m0/s1. The Hall–Kier alpha value is -0.880. The van der Waals surface area contributed by atoms with E-state index in [2.05, 4.69) is 11.3 Å². The van der Waals surface area contributed by atoms with Crippen LogP contribution in [0, 0.1) is 5.92 Å². The van der Waals surface area contributed by atoms with E-state index in [4.69, 9.17) is 11.6 Å². The van der Waals surface area contributed by atoms with Crippen LogP contribution in [0.2, 0.25) is 0 Å². The maximum absolute atomic E-state index is 12.4. The first-order chi connectivity index (χ1) is 9.83. The van der Waals surface area contributed by atoms with Crippen molar-refractivity contribution in [2.75, 3.05) is 0 Å². The van der Waals surface area contributed by atoms with Crippen molar-refractivity contribution in [3.05, 3.63) is 43.0 Å². The van der Waals surface area contributed by atoms with E-state index >= 15 is 0 Å². The number of aliphatic hydroxyl groups is 1. The highest BCUT2D eigenvalue weighted by Gasteiger charge is 2.32. The number of aliphatic hydroxyl groups excluding tert-OH is 1. The molecule has 4 nitrogen and oxygen atoms in total. The number of sulfonamides is 1. The zero-order valence-corrected chi connectivity index (χ0v) is 13.8. The van der Waals surface area contributed by atoms with Crippen molar-refractivity contribution in [2.24, 2.45) is 5.92 Å². The van der Waals surface area contributed by atoms with E-state index in [-0.39, 0.29) is 10.8 Å². The second kappa shape index (κ2) is 7.94. The SMILES string of the molecule is C=CC(Cl)[C@@H](O)[C@@H](NS(=O)(=O)c1ccccc1)[C@@H](C)CC. The lowest BCUT2D eigenvalue weighted by Gasteiger charge is -2.30. The fourth-order valence-corrected chi connectivity index (χ4v) is 3.50. The van der Waals surface area contributed by atoms with Crippen molar-refractivity contribution in [3.63, 3.8) is 0 Å². The molecule has 0 aliphatic heterocycles. The number of nitrogens with one attached hydrogen (secondary N) is 1. The molecule has 4 atom stereocenters. The Morgan fingerprint density at radius 1 is 1.38 bits per heavy atom. The van der Waals surface area contributed by atoms with Crippen molar-refractivity contribution in [2.45, 2.75) is 42.7 Å². The zero-order chi connectivity index (χ0) is 16.0. The monoisotopic (exact) mass is 331 g/mol. The quantitative estimate of drug-likeness (QED) is 0.568. The molecule has 0 saturated carbocycles. The van der Waals surface area contributed by atoms with Crippen LogP contribution in [0.4, 0.5) is 0 Å². The van der Waals surface area contributed by atoms with Gasteiger partial charge in [-0.25, -0.2) is 13.1 Å². The lowest BCUT2D eigenvalue weighted by molar-refractivity contribution is 0.116. The highest BCUT2D eigenvalue weighted by Crippen LogP contribution is 2.20. The van der Waals surface area contributed by atoms with E-state index in [1.165, 1.54) is 18.2 Å². The molecule has 0 aromatic heterocycles. The molecular weight excluding hydrogens is 310 g/mol. The maximum Gasteiger partial charge on any atom is 0.240 e. The fourth-order valence-electron chi connectivity index (χ4n) is 1.96. The molecule has 6 heteroatoms. The van der Waals surface area contributed by atoms with Gasteiger partial charge >= 0.3 is 0 Å². The van der Waals surface area contributed by atoms with E-state index in [0.717, 1.165) is 0 Å². The molecule has 2 N–H and O–H groups in total. The molecule has 1 unspecified atom stereocenters. The molecule has 0 bridgehead atoms. The van der Waals surface area contributed by atoms with E-state index in [9.17, 15) is 13.5 Å². The molecule has 0 fully saturated rings. The molecule has 0 aliphatic rings. The van der Waals surface area contributed by atoms with Gasteiger partial charge in [0.05, 0.1) is 22.4 Å². The summed E-state index contributed by atoms with van der Waals surface area (Å²) in [5, 5.41) is 9.54. The van der Waals surface area contributed by atoms with Gasteiger partial charge in [-0.15, -0.1) is 18.2 Å². The molecule has 0 aliphatic carbocycles. The lowest BCUT2D eigenvalue weighted by Crippen LogP contribution is -2.50. The number of alkyl halides is 1. The highest BCUT2D eigenvalue weighted by molar-refractivity contribution is 7.89. The Bertz CT molecular complexity index is 547. The van der Waals surface area contributed by atoms with Gasteiger partial charge in [0.1, 0.15) is 0 Å². The van der Waals surface area contributed by atoms with Crippen LogP contribution < -0.4 is 4.72 Å². The number of hydrogen-bond donors (Lipinski definition) is 2. The lowest BCUT2D eigenvalue weighted by atomic mass is 9.93. The molecule has 0 saturated heterocycles. The Kier molecular flexibility index (Phi) is 6.87. The van der Waals surface area contributed by atoms with Crippen LogP contribution in [0.5, 0.6) is 0 Å². The summed E-state index contributed by atoms with van der Waals surface area (Å²) in [5.41, 5.74) is 0. The van der Waals surface area contributed by atoms with Gasteiger partial charge in [0, 0.05) is 0 Å². The van der Waals surface area contributed by atoms with Gasteiger partial charge in [0.15, 0.2) is 0 Å². The summed E-state index contributed by atoms with van der Waals surface area (Å²) >= 11 is 5.98. The summed E-state index contributed by atoms with van der Waals surface area (Å²) in [4.78, 5) is 0.162. The van der Waals surface area contributed by atoms with Gasteiger partial charge in [0.2, 0.25) is 10.0 Å². The third kappa shape index (κ3) is 4.81. The Morgan fingerprint density at radius 3 is 2.43 bits per heavy atom. The molecule has 1 aromatic carbocycles. The van der Waals surface area contributed by atoms with Crippen LogP contribution in [0.25, 0.3) is 0 Å². The minimum absolute atomic E-state index is 0.0697. The van der Waals surface area contributed by atoms with E-state index in [0.29, 0.717) is 6.42 Å². The first-order valence-electron chi connectivity index (χ1n) is 6.85. The average molecular weight is 332 g/mol. The van der Waals surface area contributed by atoms with Crippen LogP contribution in [0.15, 0.2) is 47.9 Å². The van der Waals surface area contributed by atoms with Gasteiger partial charge in [-0.3, -0.25) is 0 Å². The van der Waals surface area contributed by atoms with Crippen molar-refractivity contribution in [1.29, 1.82) is 0 Å². The first kappa shape index (κ1) is 18.2. The minimum Gasteiger partial charge on any atom is -0.390 e. The summed E-state index contributed by atoms with van der Waals surface area (Å²) in [6, 6.07) is 7.38. The number of halogens is 1. The van der Waals surface area contributed by atoms with E-state index in [1.807, 2.05) is 13.8 Å². The molecule has 21 heavy (non-hydrogen) atoms. The average Bonchev–Trinajstić information content (AvgIpc) is 2.51. The van der Waals surface area contributed by atoms with Crippen molar-refractivity contribution >= 4 is 21.6 Å². The molecule has 0 heterocycles. The van der Waals surface area contributed by atoms with Crippen LogP contribution in [-0.4, -0.2) is 31.0 Å². The van der Waals surface area contributed by atoms with Crippen LogP contribution in [-0.2, 0) is 10.0 Å². The van der Waals surface area contributed by atoms with Crippen molar-refractivity contribution in [3.8, 4) is 0 Å². The molecule has 118 valence electrons. The maximum atomic E-state index is 12.4. The fraction of sp³-hybridized carbons (Fsp3) is 0.467. The molecule has 0 spiro atoms. The Balaban J connectivity index is 3.04. The highest BCUT2D eigenvalue weighted by atomic mass is 35.5. The van der Waals surface area contributed by atoms with Crippen LogP contribution in [0.1, 0.15) is 20.3 Å². The molecule has 1 aromatic rings. The largest absolute Gasteiger partial charge is 0.390 e. The summed E-state index contributed by atoms with van der Waals surface area (Å²) in [6.07, 6.45) is 1.07. The second-order valence-electron chi connectivity index (χ2n) is 5.02. The predicted octanol–water partition coefficient (Wildman–Crippen LogP) is 2.53. The summed E-state index contributed by atoms with van der Waals surface area (Å²) in [5.74, 6) is -0.0697. The molecule has 0 amide bonds. The predicted molar refractivity (Wildman–Crippen MR) is 85.9 cm³/mol. The van der Waals surface area contributed by atoms with E-state index < -0.39 is 27.5 Å². The zero-order valence-electron chi connectivity index (χ0n) is 12.2. The van der Waals surface area contributed by atoms with E-state index in [1.54, 1.807) is 18.2 Å². The molecule has 1 rings (SSSR count). The number of benzene rings is 1. The van der Waals surface area contributed by atoms with Gasteiger partial charge < -0.3 is 5.11 Å². The van der Waals surface area contributed by atoms with Gasteiger partial charge in [-0.1, -0.05) is 44.5 Å². The molecular formula is C15H22ClNO3S. The van der Waals surface area contributed by atoms with Gasteiger partial charge in [-0.2, -0.15) is 0 Å². The first-order valence-corrected chi connectivity index (χ1v) is 8.77. The summed E-state index contributed by atoms with van der Waals surface area (Å²) in [6.45, 7) is 7.33. The van der Waals surface area contributed by atoms with Crippen LogP contribution >= 0.6 is 11.6 Å². The normalized spacial score (nSPS) is 17.7. The summed E-state index contributed by atoms with van der Waals surface area (Å²) in [7, 11) is -3.70.